The summed E-state index contributed by atoms with van der Waals surface area (Å²) in [6.07, 6.45) is 4.23. The number of rotatable bonds is 6. The lowest BCUT2D eigenvalue weighted by Crippen LogP contribution is -2.16. The summed E-state index contributed by atoms with van der Waals surface area (Å²) in [6.45, 7) is 4.33. The van der Waals surface area contributed by atoms with Crippen LogP contribution < -0.4 is 5.32 Å². The molecule has 1 aromatic heterocycles. The van der Waals surface area contributed by atoms with Crippen molar-refractivity contribution in [2.45, 2.75) is 31.3 Å². The average molecular weight is 254 g/mol. The maximum absolute atomic E-state index is 11.5. The molecule has 0 saturated heterocycles. The van der Waals surface area contributed by atoms with Crippen LogP contribution in [0.5, 0.6) is 0 Å². The Morgan fingerprint density at radius 1 is 1.53 bits per heavy atom. The minimum Gasteiger partial charge on any atom is -0.378 e. The van der Waals surface area contributed by atoms with E-state index >= 15 is 0 Å². The third kappa shape index (κ3) is 5.70. The SMILES string of the molecule is CSc1ccc(NC(=O)CCOC(C)C)nc1. The number of carbonyl (C=O) groups excluding carboxylic acids is 1. The first-order valence-corrected chi connectivity index (χ1v) is 6.76. The number of carbonyl (C=O) groups is 1. The molecular formula is C12H18N2O2S. The smallest absolute Gasteiger partial charge is 0.227 e. The van der Waals surface area contributed by atoms with Crippen molar-refractivity contribution in [3.63, 3.8) is 0 Å². The van der Waals surface area contributed by atoms with Crippen LogP contribution in [0.15, 0.2) is 23.2 Å². The second-order valence-electron chi connectivity index (χ2n) is 3.80. The lowest BCUT2D eigenvalue weighted by Gasteiger charge is -2.07. The van der Waals surface area contributed by atoms with E-state index in [4.69, 9.17) is 4.74 Å². The molecule has 1 amide bonds. The van der Waals surface area contributed by atoms with Crippen LogP contribution in [0.1, 0.15) is 20.3 Å². The summed E-state index contributed by atoms with van der Waals surface area (Å²) in [6, 6.07) is 3.73. The summed E-state index contributed by atoms with van der Waals surface area (Å²) < 4.78 is 5.30. The highest BCUT2D eigenvalue weighted by Gasteiger charge is 2.04. The van der Waals surface area contributed by atoms with Gasteiger partial charge in [0, 0.05) is 11.1 Å². The van der Waals surface area contributed by atoms with Crippen molar-refractivity contribution in [1.29, 1.82) is 0 Å². The standard InChI is InChI=1S/C12H18N2O2S/c1-9(2)16-7-6-12(15)14-11-5-4-10(17-3)8-13-11/h4-5,8-9H,6-7H2,1-3H3,(H,13,14,15). The van der Waals surface area contributed by atoms with Crippen molar-refractivity contribution >= 4 is 23.5 Å². The Bertz CT molecular complexity index is 352. The molecular weight excluding hydrogens is 236 g/mol. The molecule has 0 aromatic carbocycles. The monoisotopic (exact) mass is 254 g/mol. The molecule has 0 spiro atoms. The number of aromatic nitrogens is 1. The number of nitrogens with one attached hydrogen (secondary N) is 1. The fourth-order valence-corrected chi connectivity index (χ4v) is 1.53. The van der Waals surface area contributed by atoms with E-state index in [-0.39, 0.29) is 12.0 Å². The first-order valence-electron chi connectivity index (χ1n) is 5.53. The van der Waals surface area contributed by atoms with Crippen LogP contribution in [0.25, 0.3) is 0 Å². The molecule has 0 bridgehead atoms. The molecule has 0 atom stereocenters. The van der Waals surface area contributed by atoms with Gasteiger partial charge in [0.2, 0.25) is 5.91 Å². The average Bonchev–Trinajstić information content (AvgIpc) is 2.29. The molecule has 0 fully saturated rings. The Balaban J connectivity index is 2.34. The number of nitrogens with zero attached hydrogens (tertiary/aromatic N) is 1. The lowest BCUT2D eigenvalue weighted by molar-refractivity contribution is -0.117. The predicted octanol–water partition coefficient (Wildman–Crippen LogP) is 2.56. The highest BCUT2D eigenvalue weighted by Crippen LogP contribution is 2.14. The van der Waals surface area contributed by atoms with Gasteiger partial charge < -0.3 is 10.1 Å². The van der Waals surface area contributed by atoms with E-state index in [1.807, 2.05) is 26.2 Å². The molecule has 5 heteroatoms. The van der Waals surface area contributed by atoms with E-state index in [1.165, 1.54) is 0 Å². The molecule has 0 saturated carbocycles. The Kier molecular flexibility index (Phi) is 6.00. The highest BCUT2D eigenvalue weighted by atomic mass is 32.2. The number of hydrogen-bond donors (Lipinski definition) is 1. The third-order valence-corrected chi connectivity index (χ3v) is 2.73. The van der Waals surface area contributed by atoms with Gasteiger partial charge in [-0.2, -0.15) is 0 Å². The Morgan fingerprint density at radius 3 is 2.82 bits per heavy atom. The summed E-state index contributed by atoms with van der Waals surface area (Å²) in [5, 5.41) is 2.73. The maximum Gasteiger partial charge on any atom is 0.227 e. The normalized spacial score (nSPS) is 10.6. The van der Waals surface area contributed by atoms with Crippen LogP contribution in [0.2, 0.25) is 0 Å². The van der Waals surface area contributed by atoms with Gasteiger partial charge in [-0.3, -0.25) is 4.79 Å². The van der Waals surface area contributed by atoms with Gasteiger partial charge in [-0.1, -0.05) is 0 Å². The fourth-order valence-electron chi connectivity index (χ4n) is 1.17. The Hall–Kier alpha value is -1.07. The van der Waals surface area contributed by atoms with Gasteiger partial charge in [0.25, 0.3) is 0 Å². The van der Waals surface area contributed by atoms with E-state index in [0.717, 1.165) is 4.90 Å². The van der Waals surface area contributed by atoms with Gasteiger partial charge in [-0.25, -0.2) is 4.98 Å². The molecule has 17 heavy (non-hydrogen) atoms. The van der Waals surface area contributed by atoms with Gasteiger partial charge in [-0.15, -0.1) is 11.8 Å². The summed E-state index contributed by atoms with van der Waals surface area (Å²) in [4.78, 5) is 16.7. The van der Waals surface area contributed by atoms with E-state index in [2.05, 4.69) is 10.3 Å². The molecule has 94 valence electrons. The lowest BCUT2D eigenvalue weighted by atomic mass is 10.4. The van der Waals surface area contributed by atoms with Gasteiger partial charge in [0.05, 0.1) is 19.1 Å². The number of anilines is 1. The highest BCUT2D eigenvalue weighted by molar-refractivity contribution is 7.98. The first-order chi connectivity index (χ1) is 8.11. The van der Waals surface area contributed by atoms with Crippen molar-refractivity contribution in [2.24, 2.45) is 0 Å². The van der Waals surface area contributed by atoms with Crippen LogP contribution in [-0.2, 0) is 9.53 Å². The van der Waals surface area contributed by atoms with Crippen molar-refractivity contribution in [3.8, 4) is 0 Å². The molecule has 0 radical (unpaired) electrons. The number of pyridine rings is 1. The summed E-state index contributed by atoms with van der Waals surface area (Å²) in [5.41, 5.74) is 0. The number of thioether (sulfide) groups is 1. The minimum atomic E-state index is -0.0740. The summed E-state index contributed by atoms with van der Waals surface area (Å²) in [5.74, 6) is 0.507. The van der Waals surface area contributed by atoms with Gasteiger partial charge in [-0.05, 0) is 32.2 Å². The number of hydrogen-bond acceptors (Lipinski definition) is 4. The van der Waals surface area contributed by atoms with Crippen molar-refractivity contribution in [1.82, 2.24) is 4.98 Å². The topological polar surface area (TPSA) is 51.2 Å². The van der Waals surface area contributed by atoms with Gasteiger partial charge >= 0.3 is 0 Å². The molecule has 4 nitrogen and oxygen atoms in total. The Labute approximate surface area is 106 Å². The molecule has 0 unspecified atom stereocenters. The molecule has 1 aromatic rings. The molecule has 1 rings (SSSR count). The molecule has 1 heterocycles. The van der Waals surface area contributed by atoms with Gasteiger partial charge in [0.15, 0.2) is 0 Å². The van der Waals surface area contributed by atoms with Crippen molar-refractivity contribution < 1.29 is 9.53 Å². The first kappa shape index (κ1) is 14.0. The summed E-state index contributed by atoms with van der Waals surface area (Å²) in [7, 11) is 0. The predicted molar refractivity (Wildman–Crippen MR) is 70.4 cm³/mol. The molecule has 1 N–H and O–H groups in total. The third-order valence-electron chi connectivity index (χ3n) is 2.02. The second-order valence-corrected chi connectivity index (χ2v) is 4.68. The summed E-state index contributed by atoms with van der Waals surface area (Å²) >= 11 is 1.62. The molecule has 0 aliphatic heterocycles. The zero-order valence-corrected chi connectivity index (χ0v) is 11.2. The zero-order valence-electron chi connectivity index (χ0n) is 10.4. The van der Waals surface area contributed by atoms with E-state index in [1.54, 1.807) is 24.0 Å². The van der Waals surface area contributed by atoms with Gasteiger partial charge in [0.1, 0.15) is 5.82 Å². The number of ether oxygens (including phenoxy) is 1. The van der Waals surface area contributed by atoms with Crippen LogP contribution in [0, 0.1) is 0 Å². The van der Waals surface area contributed by atoms with E-state index in [0.29, 0.717) is 18.8 Å². The minimum absolute atomic E-state index is 0.0740. The quantitative estimate of drug-likeness (QED) is 0.793. The molecule has 0 aliphatic rings. The molecule has 0 aliphatic carbocycles. The van der Waals surface area contributed by atoms with E-state index in [9.17, 15) is 4.79 Å². The second kappa shape index (κ2) is 7.29. The van der Waals surface area contributed by atoms with Crippen molar-refractivity contribution in [3.05, 3.63) is 18.3 Å². The van der Waals surface area contributed by atoms with Crippen LogP contribution in [0.3, 0.4) is 0 Å². The number of amides is 1. The van der Waals surface area contributed by atoms with E-state index < -0.39 is 0 Å². The maximum atomic E-state index is 11.5. The van der Waals surface area contributed by atoms with Crippen LogP contribution >= 0.6 is 11.8 Å². The zero-order chi connectivity index (χ0) is 12.7. The largest absolute Gasteiger partial charge is 0.378 e. The van der Waals surface area contributed by atoms with Crippen LogP contribution in [0.4, 0.5) is 5.82 Å². The Morgan fingerprint density at radius 2 is 2.29 bits per heavy atom. The van der Waals surface area contributed by atoms with Crippen LogP contribution in [-0.4, -0.2) is 29.9 Å². The fraction of sp³-hybridized carbons (Fsp3) is 0.500. The van der Waals surface area contributed by atoms with Crippen molar-refractivity contribution in [2.75, 3.05) is 18.2 Å².